The Morgan fingerprint density at radius 1 is 1.12 bits per heavy atom. The van der Waals surface area contributed by atoms with Gasteiger partial charge in [-0.25, -0.2) is 13.4 Å². The van der Waals surface area contributed by atoms with Gasteiger partial charge in [0.25, 0.3) is 10.0 Å². The molecule has 1 saturated heterocycles. The molecule has 0 saturated carbocycles. The van der Waals surface area contributed by atoms with E-state index in [9.17, 15) is 13.2 Å². The molecule has 1 fully saturated rings. The van der Waals surface area contributed by atoms with E-state index in [1.54, 1.807) is 24.4 Å². The number of carbonyl (C=O) groups is 1. The van der Waals surface area contributed by atoms with Crippen molar-refractivity contribution in [3.63, 3.8) is 0 Å². The van der Waals surface area contributed by atoms with Crippen LogP contribution in [0.25, 0.3) is 10.2 Å². The van der Waals surface area contributed by atoms with E-state index in [1.807, 2.05) is 24.3 Å². The second-order valence-electron chi connectivity index (χ2n) is 7.66. The molecule has 1 amide bonds. The largest absolute Gasteiger partial charge is 0.281 e. The van der Waals surface area contributed by atoms with Gasteiger partial charge in [-0.05, 0) is 49.2 Å². The molecule has 1 aliphatic heterocycles. The lowest BCUT2D eigenvalue weighted by Crippen LogP contribution is -2.47. The minimum atomic E-state index is -3.87. The molecule has 7 nitrogen and oxygen atoms in total. The van der Waals surface area contributed by atoms with E-state index in [-0.39, 0.29) is 23.2 Å². The molecule has 5 rings (SSSR count). The van der Waals surface area contributed by atoms with Crippen molar-refractivity contribution in [2.24, 2.45) is 0 Å². The number of anilines is 1. The Labute approximate surface area is 214 Å². The van der Waals surface area contributed by atoms with E-state index >= 15 is 0 Å². The SMILES string of the molecule is O=C(C1CCCN1S(=O)(=O)c1ccc(Cl)s1)N(Cc1ccccn1)c1nc2c(Cl)cccc2s1. The highest BCUT2D eigenvalue weighted by Crippen LogP contribution is 2.36. The summed E-state index contributed by atoms with van der Waals surface area (Å²) in [6, 6.07) is 13.1. The average molecular weight is 554 g/mol. The maximum Gasteiger partial charge on any atom is 0.253 e. The summed E-state index contributed by atoms with van der Waals surface area (Å²) in [5.41, 5.74) is 1.27. The van der Waals surface area contributed by atoms with Gasteiger partial charge >= 0.3 is 0 Å². The lowest BCUT2D eigenvalue weighted by Gasteiger charge is -2.28. The minimum absolute atomic E-state index is 0.125. The van der Waals surface area contributed by atoms with Crippen molar-refractivity contribution in [3.05, 3.63) is 69.8 Å². The number of aromatic nitrogens is 2. The van der Waals surface area contributed by atoms with Crippen LogP contribution in [0.5, 0.6) is 0 Å². The number of halogens is 2. The maximum absolute atomic E-state index is 13.9. The Balaban J connectivity index is 1.53. The molecule has 12 heteroatoms. The number of amides is 1. The van der Waals surface area contributed by atoms with Crippen LogP contribution in [0.3, 0.4) is 0 Å². The van der Waals surface area contributed by atoms with Crippen LogP contribution in [0.1, 0.15) is 18.5 Å². The summed E-state index contributed by atoms with van der Waals surface area (Å²) in [5, 5.41) is 0.937. The zero-order valence-electron chi connectivity index (χ0n) is 17.6. The second kappa shape index (κ2) is 9.52. The zero-order valence-corrected chi connectivity index (χ0v) is 21.6. The molecule has 176 valence electrons. The number of para-hydroxylation sites is 1. The summed E-state index contributed by atoms with van der Waals surface area (Å²) in [4.78, 5) is 24.4. The van der Waals surface area contributed by atoms with E-state index in [0.717, 1.165) is 16.0 Å². The zero-order chi connectivity index (χ0) is 23.9. The molecule has 34 heavy (non-hydrogen) atoms. The van der Waals surface area contributed by atoms with Gasteiger partial charge in [-0.15, -0.1) is 11.3 Å². The number of pyridine rings is 1. The van der Waals surface area contributed by atoms with Gasteiger partial charge in [0.2, 0.25) is 5.91 Å². The third kappa shape index (κ3) is 4.46. The number of thiophene rings is 1. The Hall–Kier alpha value is -2.08. The molecule has 4 heterocycles. The second-order valence-corrected chi connectivity index (χ2v) is 12.9. The van der Waals surface area contributed by atoms with Gasteiger partial charge in [-0.3, -0.25) is 14.7 Å². The van der Waals surface area contributed by atoms with Crippen LogP contribution in [0.4, 0.5) is 5.13 Å². The first-order chi connectivity index (χ1) is 16.3. The quantitative estimate of drug-likeness (QED) is 0.317. The molecular weight excluding hydrogens is 535 g/mol. The number of carbonyl (C=O) groups excluding carboxylic acids is 1. The number of thiazole rings is 1. The molecule has 0 radical (unpaired) electrons. The van der Waals surface area contributed by atoms with Crippen LogP contribution < -0.4 is 4.90 Å². The van der Waals surface area contributed by atoms with E-state index in [1.165, 1.54) is 26.6 Å². The molecule has 0 bridgehead atoms. The van der Waals surface area contributed by atoms with Crippen LogP contribution >= 0.6 is 45.9 Å². The number of hydrogen-bond donors (Lipinski definition) is 0. The Morgan fingerprint density at radius 3 is 2.68 bits per heavy atom. The lowest BCUT2D eigenvalue weighted by molar-refractivity contribution is -0.121. The predicted molar refractivity (Wildman–Crippen MR) is 136 cm³/mol. The average Bonchev–Trinajstić information content (AvgIpc) is 3.57. The number of hydrogen-bond acceptors (Lipinski definition) is 7. The van der Waals surface area contributed by atoms with Gasteiger partial charge in [0.05, 0.1) is 26.3 Å². The Kier molecular flexibility index (Phi) is 6.62. The number of nitrogens with zero attached hydrogens (tertiary/aromatic N) is 4. The minimum Gasteiger partial charge on any atom is -0.281 e. The number of fused-ring (bicyclic) bond motifs is 1. The van der Waals surface area contributed by atoms with Crippen molar-refractivity contribution < 1.29 is 13.2 Å². The summed E-state index contributed by atoms with van der Waals surface area (Å²) >= 11 is 14.6. The van der Waals surface area contributed by atoms with Gasteiger partial charge in [0.15, 0.2) is 5.13 Å². The maximum atomic E-state index is 13.9. The standard InChI is InChI=1S/C22H18Cl2N4O3S3/c23-15-6-3-8-17-20(15)26-22(32-17)27(13-14-5-1-2-11-25-14)21(29)16-7-4-12-28(16)34(30,31)19-10-9-18(24)33-19/h1-3,5-6,8-11,16H,4,7,12-13H2. The van der Waals surface area contributed by atoms with Gasteiger partial charge in [-0.2, -0.15) is 4.31 Å². The summed E-state index contributed by atoms with van der Waals surface area (Å²) in [5.74, 6) is -0.343. The fourth-order valence-corrected chi connectivity index (χ4v) is 8.45. The first kappa shape index (κ1) is 23.7. The van der Waals surface area contributed by atoms with Gasteiger partial charge in [0.1, 0.15) is 15.8 Å². The molecule has 0 spiro atoms. The number of sulfonamides is 1. The van der Waals surface area contributed by atoms with Crippen molar-refractivity contribution in [2.45, 2.75) is 29.6 Å². The summed E-state index contributed by atoms with van der Waals surface area (Å²) in [7, 11) is -3.87. The summed E-state index contributed by atoms with van der Waals surface area (Å²) in [6.07, 6.45) is 2.65. The van der Waals surface area contributed by atoms with Crippen molar-refractivity contribution in [3.8, 4) is 0 Å². The predicted octanol–water partition coefficient (Wildman–Crippen LogP) is 5.45. The molecule has 1 aromatic carbocycles. The normalized spacial score (nSPS) is 16.8. The first-order valence-corrected chi connectivity index (χ1v) is 14.2. The van der Waals surface area contributed by atoms with Crippen molar-refractivity contribution >= 4 is 77.2 Å². The van der Waals surface area contributed by atoms with E-state index in [4.69, 9.17) is 23.2 Å². The third-order valence-electron chi connectivity index (χ3n) is 5.50. The Morgan fingerprint density at radius 2 is 1.97 bits per heavy atom. The lowest BCUT2D eigenvalue weighted by atomic mass is 10.2. The molecule has 0 aliphatic carbocycles. The van der Waals surface area contributed by atoms with Gasteiger partial charge in [0, 0.05) is 12.7 Å². The van der Waals surface area contributed by atoms with Crippen molar-refractivity contribution in [1.29, 1.82) is 0 Å². The van der Waals surface area contributed by atoms with E-state index < -0.39 is 16.1 Å². The summed E-state index contributed by atoms with van der Waals surface area (Å²) < 4.78 is 29.3. The van der Waals surface area contributed by atoms with E-state index in [2.05, 4.69) is 9.97 Å². The van der Waals surface area contributed by atoms with Crippen molar-refractivity contribution in [2.75, 3.05) is 11.4 Å². The van der Waals surface area contributed by atoms with Crippen LogP contribution in [0.2, 0.25) is 9.36 Å². The first-order valence-electron chi connectivity index (χ1n) is 10.4. The van der Waals surface area contributed by atoms with Crippen LogP contribution in [-0.2, 0) is 21.4 Å². The monoisotopic (exact) mass is 552 g/mol. The smallest absolute Gasteiger partial charge is 0.253 e. The molecule has 1 aliphatic rings. The molecular formula is C22H18Cl2N4O3S3. The number of rotatable bonds is 6. The van der Waals surface area contributed by atoms with Crippen molar-refractivity contribution in [1.82, 2.24) is 14.3 Å². The third-order valence-corrected chi connectivity index (χ3v) is 10.5. The summed E-state index contributed by atoms with van der Waals surface area (Å²) in [6.45, 7) is 0.420. The van der Waals surface area contributed by atoms with E-state index in [0.29, 0.717) is 38.5 Å². The molecule has 4 aromatic rings. The van der Waals surface area contributed by atoms with Crippen LogP contribution in [-0.4, -0.2) is 41.2 Å². The topological polar surface area (TPSA) is 83.5 Å². The highest BCUT2D eigenvalue weighted by atomic mass is 35.5. The molecule has 3 aromatic heterocycles. The fourth-order valence-electron chi connectivity index (χ4n) is 3.92. The van der Waals surface area contributed by atoms with Gasteiger partial charge < -0.3 is 0 Å². The fraction of sp³-hybridized carbons (Fsp3) is 0.227. The highest BCUT2D eigenvalue weighted by Gasteiger charge is 2.42. The van der Waals surface area contributed by atoms with Crippen LogP contribution in [0, 0.1) is 0 Å². The molecule has 0 N–H and O–H groups in total. The molecule has 1 atom stereocenters. The van der Waals surface area contributed by atoms with Gasteiger partial charge in [-0.1, -0.05) is 46.7 Å². The molecule has 1 unspecified atom stereocenters. The Bertz CT molecular complexity index is 1460. The van der Waals surface area contributed by atoms with Crippen LogP contribution in [0.15, 0.2) is 58.9 Å². The number of benzene rings is 1. The highest BCUT2D eigenvalue weighted by molar-refractivity contribution is 7.91.